The summed E-state index contributed by atoms with van der Waals surface area (Å²) in [5, 5.41) is 0. The summed E-state index contributed by atoms with van der Waals surface area (Å²) in [5.74, 6) is 0.00204. The molecule has 0 bridgehead atoms. The maximum atomic E-state index is 11.6. The minimum atomic E-state index is 0.00204. The van der Waals surface area contributed by atoms with Crippen LogP contribution in [0.3, 0.4) is 0 Å². The summed E-state index contributed by atoms with van der Waals surface area (Å²) in [6.45, 7) is 5.96. The fourth-order valence-corrected chi connectivity index (χ4v) is 1.19. The van der Waals surface area contributed by atoms with Gasteiger partial charge in [-0.2, -0.15) is 0 Å². The van der Waals surface area contributed by atoms with Crippen molar-refractivity contribution in [2.45, 2.75) is 26.7 Å². The Bertz CT molecular complexity index is 210. The van der Waals surface area contributed by atoms with Crippen LogP contribution >= 0.6 is 12.2 Å². The lowest BCUT2D eigenvalue weighted by Crippen LogP contribution is -2.36. The predicted octanol–water partition coefficient (Wildman–Crippen LogP) is 0.938. The number of carbonyl (C=O) groups is 1. The van der Waals surface area contributed by atoms with Gasteiger partial charge in [-0.1, -0.05) is 19.1 Å². The third kappa shape index (κ3) is 7.27. The Morgan fingerprint density at radius 1 is 1.47 bits per heavy atom. The first-order chi connectivity index (χ1) is 7.11. The fourth-order valence-electron chi connectivity index (χ4n) is 1.10. The molecule has 0 saturated carbocycles. The van der Waals surface area contributed by atoms with Crippen molar-refractivity contribution in [2.24, 2.45) is 5.73 Å². The lowest BCUT2D eigenvalue weighted by molar-refractivity contribution is -0.135. The quantitative estimate of drug-likeness (QED) is 0.500. The average Bonchev–Trinajstić information content (AvgIpc) is 2.18. The molecule has 0 heterocycles. The molecule has 5 heteroatoms. The highest BCUT2D eigenvalue weighted by Gasteiger charge is 2.11. The Hall–Kier alpha value is -0.680. The summed E-state index contributed by atoms with van der Waals surface area (Å²) in [4.78, 5) is 13.7. The molecule has 15 heavy (non-hydrogen) atoms. The first-order valence-electron chi connectivity index (χ1n) is 5.25. The molecule has 0 rings (SSSR count). The molecule has 4 nitrogen and oxygen atoms in total. The summed E-state index contributed by atoms with van der Waals surface area (Å²) in [5.41, 5.74) is 5.38. The number of nitrogens with zero attached hydrogens (tertiary/aromatic N) is 1. The van der Waals surface area contributed by atoms with Gasteiger partial charge >= 0.3 is 0 Å². The minimum Gasteiger partial charge on any atom is -0.393 e. The van der Waals surface area contributed by atoms with Gasteiger partial charge in [0.05, 0.1) is 4.99 Å². The highest BCUT2D eigenvalue weighted by atomic mass is 32.1. The normalized spacial score (nSPS) is 10.0. The van der Waals surface area contributed by atoms with Crippen LogP contribution in [-0.2, 0) is 9.53 Å². The van der Waals surface area contributed by atoms with Crippen molar-refractivity contribution in [1.29, 1.82) is 0 Å². The maximum Gasteiger partial charge on any atom is 0.248 e. The molecule has 0 aliphatic heterocycles. The SMILES string of the molecule is CCCOCC(=O)N(CC)CCC(N)=S. The third-order valence-corrected chi connectivity index (χ3v) is 2.14. The second-order valence-electron chi connectivity index (χ2n) is 3.24. The molecule has 0 aromatic heterocycles. The van der Waals surface area contributed by atoms with Gasteiger partial charge in [-0.05, 0) is 13.3 Å². The molecule has 0 radical (unpaired) electrons. The number of likely N-dealkylation sites (N-methyl/N-ethyl adjacent to an activating group) is 1. The fraction of sp³-hybridized carbons (Fsp3) is 0.800. The van der Waals surface area contributed by atoms with Gasteiger partial charge in [0.25, 0.3) is 0 Å². The second kappa shape index (κ2) is 8.61. The number of thiocarbonyl (C=S) groups is 1. The Morgan fingerprint density at radius 3 is 2.60 bits per heavy atom. The van der Waals surface area contributed by atoms with Crippen LogP contribution in [0.25, 0.3) is 0 Å². The summed E-state index contributed by atoms with van der Waals surface area (Å²) in [7, 11) is 0. The van der Waals surface area contributed by atoms with Crippen molar-refractivity contribution in [3.05, 3.63) is 0 Å². The van der Waals surface area contributed by atoms with E-state index >= 15 is 0 Å². The van der Waals surface area contributed by atoms with E-state index in [0.717, 1.165) is 6.42 Å². The van der Waals surface area contributed by atoms with E-state index < -0.39 is 0 Å². The molecule has 0 saturated heterocycles. The first-order valence-corrected chi connectivity index (χ1v) is 5.66. The van der Waals surface area contributed by atoms with Gasteiger partial charge in [0, 0.05) is 26.1 Å². The van der Waals surface area contributed by atoms with Gasteiger partial charge < -0.3 is 15.4 Å². The molecule has 0 aromatic carbocycles. The molecule has 0 aromatic rings. The Morgan fingerprint density at radius 2 is 2.13 bits per heavy atom. The molecule has 0 fully saturated rings. The van der Waals surface area contributed by atoms with Crippen LogP contribution in [-0.4, -0.2) is 42.1 Å². The highest BCUT2D eigenvalue weighted by molar-refractivity contribution is 7.80. The van der Waals surface area contributed by atoms with Crippen LogP contribution in [0, 0.1) is 0 Å². The first kappa shape index (κ1) is 14.3. The van der Waals surface area contributed by atoms with Crippen LogP contribution < -0.4 is 5.73 Å². The molecule has 88 valence electrons. The molecule has 0 spiro atoms. The van der Waals surface area contributed by atoms with E-state index in [1.54, 1.807) is 4.90 Å². The van der Waals surface area contributed by atoms with Gasteiger partial charge in [-0.3, -0.25) is 4.79 Å². The zero-order valence-corrected chi connectivity index (χ0v) is 10.3. The molecule has 0 aliphatic rings. The van der Waals surface area contributed by atoms with Crippen LogP contribution in [0.15, 0.2) is 0 Å². The van der Waals surface area contributed by atoms with Gasteiger partial charge in [0.2, 0.25) is 5.91 Å². The molecule has 0 aliphatic carbocycles. The van der Waals surface area contributed by atoms with E-state index in [4.69, 9.17) is 22.7 Å². The number of hydrogen-bond donors (Lipinski definition) is 1. The summed E-state index contributed by atoms with van der Waals surface area (Å²) in [6, 6.07) is 0. The monoisotopic (exact) mass is 232 g/mol. The molecular formula is C10H20N2O2S. The van der Waals surface area contributed by atoms with E-state index in [-0.39, 0.29) is 12.5 Å². The van der Waals surface area contributed by atoms with Crippen LogP contribution in [0.5, 0.6) is 0 Å². The number of nitrogens with two attached hydrogens (primary N) is 1. The largest absolute Gasteiger partial charge is 0.393 e. The van der Waals surface area contributed by atoms with Crippen molar-refractivity contribution in [3.63, 3.8) is 0 Å². The van der Waals surface area contributed by atoms with Crippen molar-refractivity contribution in [2.75, 3.05) is 26.3 Å². The van der Waals surface area contributed by atoms with Gasteiger partial charge in [-0.25, -0.2) is 0 Å². The van der Waals surface area contributed by atoms with Crippen molar-refractivity contribution in [1.82, 2.24) is 4.90 Å². The molecule has 1 amide bonds. The van der Waals surface area contributed by atoms with Crippen molar-refractivity contribution in [3.8, 4) is 0 Å². The van der Waals surface area contributed by atoms with Crippen LogP contribution in [0.4, 0.5) is 0 Å². The summed E-state index contributed by atoms with van der Waals surface area (Å²) < 4.78 is 5.18. The zero-order chi connectivity index (χ0) is 11.7. The van der Waals surface area contributed by atoms with Gasteiger partial charge in [-0.15, -0.1) is 0 Å². The number of amides is 1. The maximum absolute atomic E-state index is 11.6. The Kier molecular flexibility index (Phi) is 8.22. The molecule has 0 atom stereocenters. The highest BCUT2D eigenvalue weighted by Crippen LogP contribution is 1.94. The van der Waals surface area contributed by atoms with E-state index in [9.17, 15) is 4.79 Å². The standard InChI is InChI=1S/C10H20N2O2S/c1-3-7-14-8-10(13)12(4-2)6-5-9(11)15/h3-8H2,1-2H3,(H2,11,15). The van der Waals surface area contributed by atoms with E-state index in [1.807, 2.05) is 13.8 Å². The Balaban J connectivity index is 3.82. The van der Waals surface area contributed by atoms with Crippen molar-refractivity contribution < 1.29 is 9.53 Å². The van der Waals surface area contributed by atoms with E-state index in [2.05, 4.69) is 0 Å². The third-order valence-electron chi connectivity index (χ3n) is 1.94. The van der Waals surface area contributed by atoms with Crippen molar-refractivity contribution >= 4 is 23.1 Å². The van der Waals surface area contributed by atoms with Gasteiger partial charge in [0.15, 0.2) is 0 Å². The Labute approximate surface area is 96.8 Å². The molecule has 0 unspecified atom stereocenters. The summed E-state index contributed by atoms with van der Waals surface area (Å²) >= 11 is 4.76. The predicted molar refractivity (Wildman–Crippen MR) is 64.8 cm³/mol. The van der Waals surface area contributed by atoms with E-state index in [1.165, 1.54) is 0 Å². The number of rotatable bonds is 8. The number of carbonyl (C=O) groups excluding carboxylic acids is 1. The van der Waals surface area contributed by atoms with E-state index in [0.29, 0.717) is 31.1 Å². The topological polar surface area (TPSA) is 55.6 Å². The number of ether oxygens (including phenoxy) is 1. The van der Waals surface area contributed by atoms with Crippen LogP contribution in [0.2, 0.25) is 0 Å². The summed E-state index contributed by atoms with van der Waals surface area (Å²) in [6.07, 6.45) is 1.50. The average molecular weight is 232 g/mol. The lowest BCUT2D eigenvalue weighted by atomic mass is 10.3. The molecular weight excluding hydrogens is 212 g/mol. The zero-order valence-electron chi connectivity index (χ0n) is 9.49. The van der Waals surface area contributed by atoms with Crippen LogP contribution in [0.1, 0.15) is 26.7 Å². The second-order valence-corrected chi connectivity index (χ2v) is 3.77. The lowest BCUT2D eigenvalue weighted by Gasteiger charge is -2.20. The molecule has 2 N–H and O–H groups in total. The van der Waals surface area contributed by atoms with Gasteiger partial charge in [0.1, 0.15) is 6.61 Å². The number of hydrogen-bond acceptors (Lipinski definition) is 3. The minimum absolute atomic E-state index is 0.00204. The smallest absolute Gasteiger partial charge is 0.248 e.